The Hall–Kier alpha value is -3.03. The van der Waals surface area contributed by atoms with E-state index in [-0.39, 0.29) is 18.9 Å². The van der Waals surface area contributed by atoms with Crippen molar-refractivity contribution < 1.29 is 89.4 Å². The quantitative estimate of drug-likeness (QED) is 0.0199. The van der Waals surface area contributed by atoms with Gasteiger partial charge in [0.25, 0.3) is 0 Å². The minimum Gasteiger partial charge on any atom is -0.394 e. The molecular formula is C72H125NO18. The van der Waals surface area contributed by atoms with Crippen molar-refractivity contribution in [1.29, 1.82) is 0 Å². The van der Waals surface area contributed by atoms with E-state index in [2.05, 4.69) is 92.1 Å². The van der Waals surface area contributed by atoms with Crippen molar-refractivity contribution in [2.24, 2.45) is 0 Å². The first-order valence-electron chi connectivity index (χ1n) is 35.3. The second-order valence-corrected chi connectivity index (χ2v) is 25.0. The highest BCUT2D eigenvalue weighted by Gasteiger charge is 2.53. The zero-order valence-corrected chi connectivity index (χ0v) is 55.5. The Morgan fingerprint density at radius 2 is 0.758 bits per heavy atom. The average molecular weight is 1290 g/mol. The van der Waals surface area contributed by atoms with Gasteiger partial charge in [0.1, 0.15) is 73.2 Å². The highest BCUT2D eigenvalue weighted by Crippen LogP contribution is 2.33. The molecule has 12 N–H and O–H groups in total. The molecule has 17 atom stereocenters. The molecule has 0 saturated carbocycles. The number of hydrogen-bond donors (Lipinski definition) is 12. The van der Waals surface area contributed by atoms with E-state index in [1.54, 1.807) is 6.08 Å². The number of allylic oxidation sites excluding steroid dienone is 13. The Morgan fingerprint density at radius 1 is 0.407 bits per heavy atom. The van der Waals surface area contributed by atoms with E-state index in [1.807, 2.05) is 6.08 Å². The molecule has 0 spiro atoms. The van der Waals surface area contributed by atoms with Gasteiger partial charge in [0.05, 0.1) is 38.6 Å². The second kappa shape index (κ2) is 53.2. The fourth-order valence-corrected chi connectivity index (χ4v) is 11.5. The standard InChI is InChI=1S/C72H125NO18/c1-3-5-7-9-11-13-15-16-17-18-19-20-21-22-23-24-25-26-27-28-29-30-31-32-33-34-35-36-37-38-40-42-44-46-48-50-60(78)73-55(56(77)49-47-45-43-41-39-14-12-10-8-6-4-2)54-86-70-66(84)63(81)68(58(52-75)88-70)91-72-67(85)64(82)69(59(53-76)89-72)90-71-65(83)62(80)61(79)57(51-74)87-71/h5,7,11,13,16-17,19-20,22-23,25-26,47,49,55-59,61-72,74-77,79-85H,3-4,6,8-10,12,14-15,18,21,24,27-46,48,50-54H2,1-2H3,(H,73,78)/b7-5-,13-11-,17-16-,20-19-,23-22-,26-25-,49-47+. The van der Waals surface area contributed by atoms with Crippen LogP contribution in [0.3, 0.4) is 0 Å². The van der Waals surface area contributed by atoms with Crippen molar-refractivity contribution >= 4 is 5.91 Å². The van der Waals surface area contributed by atoms with Crippen LogP contribution in [0.2, 0.25) is 0 Å². The highest BCUT2D eigenvalue weighted by atomic mass is 16.8. The normalized spacial score (nSPS) is 28.4. The maximum atomic E-state index is 13.4. The van der Waals surface area contributed by atoms with Gasteiger partial charge >= 0.3 is 0 Å². The van der Waals surface area contributed by atoms with Crippen LogP contribution in [0.5, 0.6) is 0 Å². The summed E-state index contributed by atoms with van der Waals surface area (Å²) in [4.78, 5) is 13.4. The molecule has 0 aromatic carbocycles. The molecule has 0 aromatic rings. The molecule has 3 rings (SSSR count). The molecule has 0 aromatic heterocycles. The number of aliphatic hydroxyl groups is 11. The van der Waals surface area contributed by atoms with Crippen molar-refractivity contribution in [2.75, 3.05) is 26.4 Å². The Kier molecular flexibility index (Phi) is 48.0. The van der Waals surface area contributed by atoms with E-state index in [1.165, 1.54) is 122 Å². The number of amides is 1. The Labute approximate surface area is 546 Å². The average Bonchev–Trinajstić information content (AvgIpc) is 1.05. The monoisotopic (exact) mass is 1290 g/mol. The third kappa shape index (κ3) is 35.0. The molecule has 19 heteroatoms. The number of ether oxygens (including phenoxy) is 6. The minimum absolute atomic E-state index is 0.240. The van der Waals surface area contributed by atoms with Crippen molar-refractivity contribution in [2.45, 2.75) is 336 Å². The van der Waals surface area contributed by atoms with Crippen LogP contribution >= 0.6 is 0 Å². The van der Waals surface area contributed by atoms with Crippen LogP contribution in [-0.2, 0) is 33.2 Å². The van der Waals surface area contributed by atoms with Crippen molar-refractivity contribution in [3.63, 3.8) is 0 Å². The maximum absolute atomic E-state index is 13.4. The number of nitrogens with one attached hydrogen (secondary N) is 1. The van der Waals surface area contributed by atoms with Crippen LogP contribution in [0, 0.1) is 0 Å². The van der Waals surface area contributed by atoms with Crippen LogP contribution in [-0.4, -0.2) is 193 Å². The van der Waals surface area contributed by atoms with Gasteiger partial charge in [-0.2, -0.15) is 0 Å². The van der Waals surface area contributed by atoms with Gasteiger partial charge in [-0.25, -0.2) is 0 Å². The fraction of sp³-hybridized carbons (Fsp3) is 0.792. The van der Waals surface area contributed by atoms with Gasteiger partial charge in [-0.05, 0) is 70.6 Å². The zero-order chi connectivity index (χ0) is 66.1. The van der Waals surface area contributed by atoms with Gasteiger partial charge in [0.2, 0.25) is 5.91 Å². The summed E-state index contributed by atoms with van der Waals surface area (Å²) in [7, 11) is 0. The number of carbonyl (C=O) groups is 1. The van der Waals surface area contributed by atoms with Crippen LogP contribution in [0.25, 0.3) is 0 Å². The lowest BCUT2D eigenvalue weighted by Crippen LogP contribution is -2.66. The van der Waals surface area contributed by atoms with Gasteiger partial charge < -0.3 is 89.9 Å². The molecule has 3 aliphatic heterocycles. The van der Waals surface area contributed by atoms with E-state index >= 15 is 0 Å². The van der Waals surface area contributed by atoms with Gasteiger partial charge in [-0.3, -0.25) is 4.79 Å². The third-order valence-corrected chi connectivity index (χ3v) is 17.2. The molecule has 0 radical (unpaired) electrons. The summed E-state index contributed by atoms with van der Waals surface area (Å²) >= 11 is 0. The molecule has 3 aliphatic rings. The number of rotatable bonds is 53. The number of carbonyl (C=O) groups excluding carboxylic acids is 1. The summed E-state index contributed by atoms with van der Waals surface area (Å²) in [5.41, 5.74) is 0. The number of hydrogen-bond acceptors (Lipinski definition) is 18. The number of unbranched alkanes of at least 4 members (excludes halogenated alkanes) is 25. The molecule has 0 aliphatic carbocycles. The summed E-state index contributed by atoms with van der Waals surface area (Å²) in [5, 5.41) is 120. The van der Waals surface area contributed by atoms with Crippen LogP contribution < -0.4 is 5.32 Å². The summed E-state index contributed by atoms with van der Waals surface area (Å²) < 4.78 is 34.3. The number of aliphatic hydroxyl groups excluding tert-OH is 11. The molecule has 0 bridgehead atoms. The van der Waals surface area contributed by atoms with Gasteiger partial charge in [0, 0.05) is 6.42 Å². The maximum Gasteiger partial charge on any atom is 0.220 e. The molecule has 3 fully saturated rings. The van der Waals surface area contributed by atoms with Crippen molar-refractivity contribution in [3.8, 4) is 0 Å². The fourth-order valence-electron chi connectivity index (χ4n) is 11.5. The van der Waals surface area contributed by atoms with Crippen LogP contribution in [0.4, 0.5) is 0 Å². The SMILES string of the molecule is CC/C=C\C/C=C\C/C=C\C/C=C\C/C=C\C/C=C\CCCCCCCCCCCCCCCCCCC(=O)NC(COC1OC(CO)C(OC2OC(CO)C(OC3OC(CO)C(O)C(O)C3O)C(O)C2O)C(O)C1O)C(O)/C=C/CCCCCCCCCCC. The van der Waals surface area contributed by atoms with Crippen molar-refractivity contribution in [3.05, 3.63) is 85.1 Å². The Balaban J connectivity index is 1.33. The summed E-state index contributed by atoms with van der Waals surface area (Å²) in [6.45, 7) is 1.59. The van der Waals surface area contributed by atoms with Crippen LogP contribution in [0.15, 0.2) is 85.1 Å². The molecule has 91 heavy (non-hydrogen) atoms. The van der Waals surface area contributed by atoms with E-state index in [4.69, 9.17) is 28.4 Å². The Bertz CT molecular complexity index is 1980. The third-order valence-electron chi connectivity index (χ3n) is 17.2. The van der Waals surface area contributed by atoms with Gasteiger partial charge in [-0.1, -0.05) is 240 Å². The van der Waals surface area contributed by atoms with Crippen molar-refractivity contribution in [1.82, 2.24) is 5.32 Å². The van der Waals surface area contributed by atoms with E-state index in [0.29, 0.717) is 6.42 Å². The molecule has 3 saturated heterocycles. The second-order valence-electron chi connectivity index (χ2n) is 25.0. The highest BCUT2D eigenvalue weighted by molar-refractivity contribution is 5.76. The molecule has 3 heterocycles. The van der Waals surface area contributed by atoms with E-state index < -0.39 is 124 Å². The molecule has 19 nitrogen and oxygen atoms in total. The largest absolute Gasteiger partial charge is 0.394 e. The first-order valence-corrected chi connectivity index (χ1v) is 35.3. The van der Waals surface area contributed by atoms with E-state index in [9.17, 15) is 61.0 Å². The lowest BCUT2D eigenvalue weighted by atomic mass is 9.96. The smallest absolute Gasteiger partial charge is 0.220 e. The zero-order valence-electron chi connectivity index (χ0n) is 55.5. The predicted octanol–water partition coefficient (Wildman–Crippen LogP) is 9.49. The minimum atomic E-state index is -1.98. The predicted molar refractivity (Wildman–Crippen MR) is 355 cm³/mol. The van der Waals surface area contributed by atoms with E-state index in [0.717, 1.165) is 83.5 Å². The van der Waals surface area contributed by atoms with Gasteiger partial charge in [-0.15, -0.1) is 0 Å². The molecule has 1 amide bonds. The summed E-state index contributed by atoms with van der Waals surface area (Å²) in [6, 6.07) is -0.975. The summed E-state index contributed by atoms with van der Waals surface area (Å²) in [5.74, 6) is -0.279. The lowest BCUT2D eigenvalue weighted by molar-refractivity contribution is -0.379. The van der Waals surface area contributed by atoms with Crippen LogP contribution in [0.1, 0.15) is 232 Å². The molecular weight excluding hydrogens is 1170 g/mol. The topological polar surface area (TPSA) is 307 Å². The first-order chi connectivity index (χ1) is 44.3. The van der Waals surface area contributed by atoms with Gasteiger partial charge in [0.15, 0.2) is 18.9 Å². The lowest BCUT2D eigenvalue weighted by Gasteiger charge is -2.48. The molecule has 526 valence electrons. The summed E-state index contributed by atoms with van der Waals surface area (Å²) in [6.07, 6.45) is 41.6. The Morgan fingerprint density at radius 3 is 1.19 bits per heavy atom. The molecule has 17 unspecified atom stereocenters. The first kappa shape index (κ1) is 82.2.